The fourth-order valence-corrected chi connectivity index (χ4v) is 1.11. The zero-order chi connectivity index (χ0) is 8.97. The van der Waals surface area contributed by atoms with E-state index >= 15 is 0 Å². The molecule has 1 aliphatic rings. The van der Waals surface area contributed by atoms with E-state index in [0.717, 1.165) is 24.8 Å². The summed E-state index contributed by atoms with van der Waals surface area (Å²) in [6.07, 6.45) is 4.56. The molecule has 0 atom stereocenters. The Morgan fingerprint density at radius 3 is 2.58 bits per heavy atom. The monoisotopic (exact) mass is 168 g/mol. The SMILES string of the molecule is CCO/C=C(\CC)C(=O)C1CC1. The summed E-state index contributed by atoms with van der Waals surface area (Å²) in [6.45, 7) is 4.55. The van der Waals surface area contributed by atoms with Crippen LogP contribution >= 0.6 is 0 Å². The molecule has 68 valence electrons. The molecule has 1 saturated carbocycles. The zero-order valence-corrected chi connectivity index (χ0v) is 7.80. The van der Waals surface area contributed by atoms with Crippen molar-refractivity contribution in [1.29, 1.82) is 0 Å². The summed E-state index contributed by atoms with van der Waals surface area (Å²) in [5.41, 5.74) is 0.847. The van der Waals surface area contributed by atoms with E-state index in [1.54, 1.807) is 6.26 Å². The lowest BCUT2D eigenvalue weighted by Gasteiger charge is -2.02. The van der Waals surface area contributed by atoms with E-state index in [2.05, 4.69) is 0 Å². The normalized spacial score (nSPS) is 17.7. The van der Waals surface area contributed by atoms with Gasteiger partial charge in [0, 0.05) is 11.5 Å². The molecule has 0 aliphatic heterocycles. The van der Waals surface area contributed by atoms with Gasteiger partial charge < -0.3 is 4.74 Å². The Kier molecular flexibility index (Phi) is 3.32. The van der Waals surface area contributed by atoms with Crippen LogP contribution in [0, 0.1) is 5.92 Å². The number of rotatable bonds is 5. The highest BCUT2D eigenvalue weighted by atomic mass is 16.5. The van der Waals surface area contributed by atoms with Crippen molar-refractivity contribution in [2.75, 3.05) is 6.61 Å². The third kappa shape index (κ3) is 2.36. The maximum atomic E-state index is 11.5. The molecule has 0 spiro atoms. The fraction of sp³-hybridized carbons (Fsp3) is 0.700. The third-order valence-electron chi connectivity index (χ3n) is 2.04. The maximum Gasteiger partial charge on any atom is 0.164 e. The van der Waals surface area contributed by atoms with E-state index in [4.69, 9.17) is 4.74 Å². The van der Waals surface area contributed by atoms with E-state index in [0.29, 0.717) is 18.3 Å². The lowest BCUT2D eigenvalue weighted by atomic mass is 10.1. The first kappa shape index (κ1) is 9.30. The van der Waals surface area contributed by atoms with Crippen LogP contribution in [0.2, 0.25) is 0 Å². The molecule has 1 rings (SSSR count). The lowest BCUT2D eigenvalue weighted by Crippen LogP contribution is -2.04. The van der Waals surface area contributed by atoms with Crippen LogP contribution in [0.3, 0.4) is 0 Å². The first-order valence-electron chi connectivity index (χ1n) is 4.64. The van der Waals surface area contributed by atoms with Gasteiger partial charge in [0.2, 0.25) is 0 Å². The van der Waals surface area contributed by atoms with Gasteiger partial charge in [0.15, 0.2) is 5.78 Å². The van der Waals surface area contributed by atoms with Crippen LogP contribution in [-0.4, -0.2) is 12.4 Å². The summed E-state index contributed by atoms with van der Waals surface area (Å²) in [5.74, 6) is 0.614. The molecule has 0 unspecified atom stereocenters. The van der Waals surface area contributed by atoms with E-state index in [1.165, 1.54) is 0 Å². The van der Waals surface area contributed by atoms with Crippen molar-refractivity contribution < 1.29 is 9.53 Å². The van der Waals surface area contributed by atoms with Gasteiger partial charge in [-0.1, -0.05) is 6.92 Å². The molecule has 0 bridgehead atoms. The van der Waals surface area contributed by atoms with Crippen LogP contribution in [0.4, 0.5) is 0 Å². The van der Waals surface area contributed by atoms with Crippen molar-refractivity contribution in [2.24, 2.45) is 5.92 Å². The summed E-state index contributed by atoms with van der Waals surface area (Å²) in [5, 5.41) is 0. The Hall–Kier alpha value is -0.790. The van der Waals surface area contributed by atoms with Crippen molar-refractivity contribution >= 4 is 5.78 Å². The van der Waals surface area contributed by atoms with Gasteiger partial charge in [-0.2, -0.15) is 0 Å². The summed E-state index contributed by atoms with van der Waals surface area (Å²) in [4.78, 5) is 11.5. The van der Waals surface area contributed by atoms with Crippen LogP contribution < -0.4 is 0 Å². The Labute approximate surface area is 73.6 Å². The molecule has 12 heavy (non-hydrogen) atoms. The smallest absolute Gasteiger partial charge is 0.164 e. The molecule has 0 N–H and O–H groups in total. The highest BCUT2D eigenvalue weighted by Crippen LogP contribution is 2.32. The number of ketones is 1. The molecule has 0 heterocycles. The van der Waals surface area contributed by atoms with Gasteiger partial charge in [-0.05, 0) is 26.2 Å². The molecule has 1 aliphatic carbocycles. The number of hydrogen-bond donors (Lipinski definition) is 0. The molecule has 0 radical (unpaired) electrons. The minimum Gasteiger partial charge on any atom is -0.501 e. The van der Waals surface area contributed by atoms with Gasteiger partial charge in [0.25, 0.3) is 0 Å². The number of carbonyl (C=O) groups is 1. The van der Waals surface area contributed by atoms with Gasteiger partial charge in [-0.15, -0.1) is 0 Å². The molecular weight excluding hydrogens is 152 g/mol. The Morgan fingerprint density at radius 2 is 2.17 bits per heavy atom. The largest absolute Gasteiger partial charge is 0.501 e. The summed E-state index contributed by atoms with van der Waals surface area (Å²) >= 11 is 0. The Morgan fingerprint density at radius 1 is 1.50 bits per heavy atom. The van der Waals surface area contributed by atoms with Gasteiger partial charge in [-0.3, -0.25) is 4.79 Å². The quantitative estimate of drug-likeness (QED) is 0.465. The van der Waals surface area contributed by atoms with E-state index in [-0.39, 0.29) is 0 Å². The van der Waals surface area contributed by atoms with Crippen LogP contribution in [0.25, 0.3) is 0 Å². The van der Waals surface area contributed by atoms with Crippen LogP contribution in [0.5, 0.6) is 0 Å². The average Bonchev–Trinajstić information content (AvgIpc) is 2.88. The molecule has 2 heteroatoms. The molecule has 0 saturated heterocycles. The van der Waals surface area contributed by atoms with E-state index in [9.17, 15) is 4.79 Å². The maximum absolute atomic E-state index is 11.5. The first-order chi connectivity index (χ1) is 5.79. The molecule has 0 aromatic heterocycles. The number of allylic oxidation sites excluding steroid dienone is 1. The van der Waals surface area contributed by atoms with E-state index < -0.39 is 0 Å². The lowest BCUT2D eigenvalue weighted by molar-refractivity contribution is -0.116. The highest BCUT2D eigenvalue weighted by molar-refractivity contribution is 5.98. The fourth-order valence-electron chi connectivity index (χ4n) is 1.11. The predicted molar refractivity (Wildman–Crippen MR) is 47.7 cm³/mol. The number of Topliss-reactive ketones (excluding diaryl/α,β-unsaturated/α-hetero) is 1. The van der Waals surface area contributed by atoms with Gasteiger partial charge in [0.05, 0.1) is 12.9 Å². The minimum absolute atomic E-state index is 0.297. The Balaban J connectivity index is 2.47. The van der Waals surface area contributed by atoms with E-state index in [1.807, 2.05) is 13.8 Å². The standard InChI is InChI=1S/C10H16O2/c1-3-8(7-12-4-2)10(11)9-5-6-9/h7,9H,3-6H2,1-2H3/b8-7+. The molecular formula is C10H16O2. The van der Waals surface area contributed by atoms with Crippen molar-refractivity contribution in [3.8, 4) is 0 Å². The molecule has 1 fully saturated rings. The second-order valence-electron chi connectivity index (χ2n) is 3.09. The minimum atomic E-state index is 0.297. The summed E-state index contributed by atoms with van der Waals surface area (Å²) in [7, 11) is 0. The van der Waals surface area contributed by atoms with Gasteiger partial charge in [0.1, 0.15) is 0 Å². The molecule has 0 amide bonds. The van der Waals surface area contributed by atoms with Crippen molar-refractivity contribution in [3.05, 3.63) is 11.8 Å². The van der Waals surface area contributed by atoms with Crippen LogP contribution in [-0.2, 0) is 9.53 Å². The molecule has 0 aromatic rings. The van der Waals surface area contributed by atoms with Gasteiger partial charge in [-0.25, -0.2) is 0 Å². The Bertz CT molecular complexity index is 190. The van der Waals surface area contributed by atoms with Crippen molar-refractivity contribution in [3.63, 3.8) is 0 Å². The van der Waals surface area contributed by atoms with Crippen LogP contribution in [0.1, 0.15) is 33.1 Å². The average molecular weight is 168 g/mol. The second-order valence-corrected chi connectivity index (χ2v) is 3.09. The van der Waals surface area contributed by atoms with Crippen LogP contribution in [0.15, 0.2) is 11.8 Å². The topological polar surface area (TPSA) is 26.3 Å². The number of ether oxygens (including phenoxy) is 1. The summed E-state index contributed by atoms with van der Waals surface area (Å²) in [6, 6.07) is 0. The predicted octanol–water partition coefficient (Wildman–Crippen LogP) is 2.30. The molecule has 0 aromatic carbocycles. The molecule has 2 nitrogen and oxygen atoms in total. The summed E-state index contributed by atoms with van der Waals surface area (Å²) < 4.78 is 5.10. The number of carbonyl (C=O) groups excluding carboxylic acids is 1. The first-order valence-corrected chi connectivity index (χ1v) is 4.64. The number of hydrogen-bond acceptors (Lipinski definition) is 2. The van der Waals surface area contributed by atoms with Gasteiger partial charge >= 0.3 is 0 Å². The highest BCUT2D eigenvalue weighted by Gasteiger charge is 2.31. The zero-order valence-electron chi connectivity index (χ0n) is 7.80. The second kappa shape index (κ2) is 4.29. The third-order valence-corrected chi connectivity index (χ3v) is 2.04. The van der Waals surface area contributed by atoms with Crippen molar-refractivity contribution in [2.45, 2.75) is 33.1 Å². The van der Waals surface area contributed by atoms with Crippen molar-refractivity contribution in [1.82, 2.24) is 0 Å².